The van der Waals surface area contributed by atoms with E-state index in [0.29, 0.717) is 12.5 Å². The third-order valence-corrected chi connectivity index (χ3v) is 3.67. The van der Waals surface area contributed by atoms with Gasteiger partial charge in [-0.3, -0.25) is 4.68 Å². The maximum absolute atomic E-state index is 5.96. The van der Waals surface area contributed by atoms with Gasteiger partial charge in [0.25, 0.3) is 0 Å². The number of aliphatic imine (C=N–C) groups is 1. The summed E-state index contributed by atoms with van der Waals surface area (Å²) in [4.78, 5) is 4.41. The Morgan fingerprint density at radius 3 is 2.68 bits per heavy atom. The topological polar surface area (TPSA) is 68.2 Å². The quantitative estimate of drug-likeness (QED) is 0.460. The molecule has 3 N–H and O–H groups in total. The predicted octanol–water partition coefficient (Wildman–Crippen LogP) is 3.14. The van der Waals surface area contributed by atoms with E-state index in [9.17, 15) is 0 Å². The molecule has 120 valence electrons. The number of hydrogen-bond acceptors (Lipinski definition) is 2. The molecular weight excluding hydrogens is 389 g/mol. The minimum absolute atomic E-state index is 0. The van der Waals surface area contributed by atoms with Crippen molar-refractivity contribution in [1.29, 1.82) is 0 Å². The van der Waals surface area contributed by atoms with Gasteiger partial charge in [-0.05, 0) is 38.0 Å². The lowest BCUT2D eigenvalue weighted by Gasteiger charge is -2.07. The molecule has 0 fully saturated rings. The van der Waals surface area contributed by atoms with Gasteiger partial charge in [0, 0.05) is 24.0 Å². The Labute approximate surface area is 149 Å². The highest BCUT2D eigenvalue weighted by atomic mass is 127. The molecule has 0 spiro atoms. The van der Waals surface area contributed by atoms with Gasteiger partial charge in [0.05, 0.1) is 12.2 Å². The van der Waals surface area contributed by atoms with E-state index in [1.807, 2.05) is 37.7 Å². The number of nitrogens with two attached hydrogens (primary N) is 1. The van der Waals surface area contributed by atoms with Gasteiger partial charge in [0.2, 0.25) is 0 Å². The standard InChI is InChI=1S/C16H23N5.HI/c1-5-13-7-6-8-14(9-13)19-16(17)18-10-15-11(2)20-21(4)12(15)3;/h6-9H,5,10H2,1-4H3,(H3,17,18,19);1H. The second-order valence-corrected chi connectivity index (χ2v) is 5.15. The number of rotatable bonds is 4. The van der Waals surface area contributed by atoms with E-state index >= 15 is 0 Å². The van der Waals surface area contributed by atoms with Crippen LogP contribution < -0.4 is 11.1 Å². The fourth-order valence-corrected chi connectivity index (χ4v) is 2.27. The number of nitrogens with one attached hydrogen (secondary N) is 1. The molecule has 0 amide bonds. The second-order valence-electron chi connectivity index (χ2n) is 5.15. The molecule has 2 rings (SSSR count). The zero-order chi connectivity index (χ0) is 15.4. The predicted molar refractivity (Wildman–Crippen MR) is 103 cm³/mol. The molecule has 0 bridgehead atoms. The van der Waals surface area contributed by atoms with Gasteiger partial charge in [0.1, 0.15) is 0 Å². The average Bonchev–Trinajstić information content (AvgIpc) is 2.70. The first-order valence-corrected chi connectivity index (χ1v) is 7.16. The lowest BCUT2D eigenvalue weighted by Crippen LogP contribution is -2.22. The van der Waals surface area contributed by atoms with Gasteiger partial charge in [-0.15, -0.1) is 24.0 Å². The zero-order valence-electron chi connectivity index (χ0n) is 13.6. The van der Waals surface area contributed by atoms with E-state index in [-0.39, 0.29) is 24.0 Å². The lowest BCUT2D eigenvalue weighted by atomic mass is 10.1. The minimum Gasteiger partial charge on any atom is -0.370 e. The van der Waals surface area contributed by atoms with Crippen molar-refractivity contribution in [3.63, 3.8) is 0 Å². The summed E-state index contributed by atoms with van der Waals surface area (Å²) in [6.07, 6.45) is 1.00. The van der Waals surface area contributed by atoms with E-state index in [4.69, 9.17) is 5.73 Å². The first-order chi connectivity index (χ1) is 10.0. The van der Waals surface area contributed by atoms with Crippen LogP contribution in [0.15, 0.2) is 29.3 Å². The summed E-state index contributed by atoms with van der Waals surface area (Å²) in [6, 6.07) is 8.19. The van der Waals surface area contributed by atoms with Gasteiger partial charge in [-0.25, -0.2) is 4.99 Å². The Hall–Kier alpha value is -1.57. The van der Waals surface area contributed by atoms with Crippen LogP contribution in [0.5, 0.6) is 0 Å². The second kappa shape index (κ2) is 8.17. The Morgan fingerprint density at radius 2 is 2.09 bits per heavy atom. The fraction of sp³-hybridized carbons (Fsp3) is 0.375. The van der Waals surface area contributed by atoms with E-state index in [1.54, 1.807) is 0 Å². The highest BCUT2D eigenvalue weighted by molar-refractivity contribution is 14.0. The molecule has 1 aromatic heterocycles. The van der Waals surface area contributed by atoms with Crippen molar-refractivity contribution in [2.45, 2.75) is 33.7 Å². The molecule has 0 saturated carbocycles. The number of benzene rings is 1. The van der Waals surface area contributed by atoms with Crippen molar-refractivity contribution in [2.24, 2.45) is 17.8 Å². The summed E-state index contributed by atoms with van der Waals surface area (Å²) in [5.74, 6) is 0.422. The van der Waals surface area contributed by atoms with E-state index in [2.05, 4.69) is 34.5 Å². The summed E-state index contributed by atoms with van der Waals surface area (Å²) >= 11 is 0. The molecule has 6 heteroatoms. The molecule has 1 heterocycles. The smallest absolute Gasteiger partial charge is 0.193 e. The van der Waals surface area contributed by atoms with Gasteiger partial charge in [-0.1, -0.05) is 19.1 Å². The molecule has 2 aromatic rings. The third-order valence-electron chi connectivity index (χ3n) is 3.67. The molecule has 0 aliphatic rings. The number of nitrogens with zero attached hydrogens (tertiary/aromatic N) is 3. The summed E-state index contributed by atoms with van der Waals surface area (Å²) < 4.78 is 1.87. The largest absolute Gasteiger partial charge is 0.370 e. The maximum Gasteiger partial charge on any atom is 0.193 e. The number of anilines is 1. The van der Waals surface area contributed by atoms with Crippen LogP contribution in [0.2, 0.25) is 0 Å². The van der Waals surface area contributed by atoms with Crippen molar-refractivity contribution in [3.05, 3.63) is 46.8 Å². The summed E-state index contributed by atoms with van der Waals surface area (Å²) in [7, 11) is 1.94. The summed E-state index contributed by atoms with van der Waals surface area (Å²) in [6.45, 7) is 6.70. The summed E-state index contributed by atoms with van der Waals surface area (Å²) in [5, 5.41) is 7.51. The number of hydrogen-bond donors (Lipinski definition) is 2. The molecule has 0 unspecified atom stereocenters. The highest BCUT2D eigenvalue weighted by Crippen LogP contribution is 2.14. The van der Waals surface area contributed by atoms with E-state index in [0.717, 1.165) is 29.1 Å². The van der Waals surface area contributed by atoms with Crippen LogP contribution >= 0.6 is 24.0 Å². The lowest BCUT2D eigenvalue weighted by molar-refractivity contribution is 0.730. The number of guanidine groups is 1. The van der Waals surface area contributed by atoms with Crippen molar-refractivity contribution >= 4 is 35.6 Å². The average molecular weight is 413 g/mol. The van der Waals surface area contributed by atoms with Crippen LogP contribution in [0, 0.1) is 13.8 Å². The maximum atomic E-state index is 5.96. The van der Waals surface area contributed by atoms with E-state index in [1.165, 1.54) is 5.56 Å². The molecule has 0 aliphatic heterocycles. The van der Waals surface area contributed by atoms with Crippen molar-refractivity contribution in [1.82, 2.24) is 9.78 Å². The molecule has 5 nitrogen and oxygen atoms in total. The first kappa shape index (κ1) is 18.5. The van der Waals surface area contributed by atoms with Gasteiger partial charge < -0.3 is 11.1 Å². The van der Waals surface area contributed by atoms with Crippen LogP contribution in [0.4, 0.5) is 5.69 Å². The summed E-state index contributed by atoms with van der Waals surface area (Å²) in [5.41, 5.74) is 11.5. The number of aryl methyl sites for hydroxylation is 3. The normalized spacial score (nSPS) is 11.2. The van der Waals surface area contributed by atoms with Crippen LogP contribution in [-0.2, 0) is 20.0 Å². The Morgan fingerprint density at radius 1 is 1.36 bits per heavy atom. The van der Waals surface area contributed by atoms with Crippen LogP contribution in [0.3, 0.4) is 0 Å². The monoisotopic (exact) mass is 413 g/mol. The van der Waals surface area contributed by atoms with Gasteiger partial charge >= 0.3 is 0 Å². The molecule has 22 heavy (non-hydrogen) atoms. The highest BCUT2D eigenvalue weighted by Gasteiger charge is 2.08. The minimum atomic E-state index is 0. The van der Waals surface area contributed by atoms with Crippen LogP contribution in [-0.4, -0.2) is 15.7 Å². The van der Waals surface area contributed by atoms with Crippen molar-refractivity contribution in [2.75, 3.05) is 5.32 Å². The third kappa shape index (κ3) is 4.46. The van der Waals surface area contributed by atoms with E-state index < -0.39 is 0 Å². The zero-order valence-corrected chi connectivity index (χ0v) is 15.9. The molecule has 0 saturated heterocycles. The van der Waals surface area contributed by atoms with Gasteiger partial charge in [0.15, 0.2) is 5.96 Å². The molecule has 0 aliphatic carbocycles. The van der Waals surface area contributed by atoms with Crippen LogP contribution in [0.25, 0.3) is 0 Å². The number of halogens is 1. The molecular formula is C16H24IN5. The molecule has 0 radical (unpaired) electrons. The molecule has 0 atom stereocenters. The first-order valence-electron chi connectivity index (χ1n) is 7.16. The number of aromatic nitrogens is 2. The van der Waals surface area contributed by atoms with Crippen molar-refractivity contribution in [3.8, 4) is 0 Å². The Balaban J connectivity index is 0.00000242. The Kier molecular flexibility index (Phi) is 6.86. The SMILES string of the molecule is CCc1cccc(NC(N)=NCc2c(C)nn(C)c2C)c1.I. The van der Waals surface area contributed by atoms with Crippen LogP contribution in [0.1, 0.15) is 29.4 Å². The van der Waals surface area contributed by atoms with Gasteiger partial charge in [-0.2, -0.15) is 5.10 Å². The fourth-order valence-electron chi connectivity index (χ4n) is 2.27. The Bertz CT molecular complexity index is 661. The van der Waals surface area contributed by atoms with Crippen molar-refractivity contribution < 1.29 is 0 Å². The molecule has 1 aromatic carbocycles.